The molecule has 0 N–H and O–H groups in total. The number of nitrogens with zero attached hydrogens (tertiary/aromatic N) is 1. The average Bonchev–Trinajstić information content (AvgIpc) is 2.59. The van der Waals surface area contributed by atoms with Gasteiger partial charge in [0.25, 0.3) is 0 Å². The van der Waals surface area contributed by atoms with E-state index in [9.17, 15) is 10.0 Å². The number of benzene rings is 2. The molecule has 0 aromatic heterocycles. The van der Waals surface area contributed by atoms with Crippen LogP contribution in [0.5, 0.6) is 0 Å². The largest absolute Gasteiger partial charge is 0.633 e. The Morgan fingerprint density at radius 1 is 1.00 bits per heavy atom. The zero-order valence-corrected chi connectivity index (χ0v) is 16.3. The summed E-state index contributed by atoms with van der Waals surface area (Å²) in [4.78, 5) is 13.2. The van der Waals surface area contributed by atoms with Gasteiger partial charge in [-0.25, -0.2) is 0 Å². The van der Waals surface area contributed by atoms with Gasteiger partial charge >= 0.3 is 0 Å². The SMILES string of the molecule is CCC(=O)C(CC(C)[N+](C)(C)[O-])(c1ccccc1)c1ccccc1.Cl. The van der Waals surface area contributed by atoms with Crippen LogP contribution in [0.3, 0.4) is 0 Å². The van der Waals surface area contributed by atoms with Gasteiger partial charge in [0.1, 0.15) is 5.78 Å². The molecular formula is C21H28ClNO2. The summed E-state index contributed by atoms with van der Waals surface area (Å²) in [6.45, 7) is 3.82. The lowest BCUT2D eigenvalue weighted by molar-refractivity contribution is -0.865. The molecule has 2 aromatic rings. The van der Waals surface area contributed by atoms with E-state index in [0.29, 0.717) is 12.8 Å². The third-order valence-corrected chi connectivity index (χ3v) is 4.99. The molecule has 0 bridgehead atoms. The summed E-state index contributed by atoms with van der Waals surface area (Å²) in [6, 6.07) is 19.5. The molecule has 2 rings (SSSR count). The summed E-state index contributed by atoms with van der Waals surface area (Å²) in [7, 11) is 3.28. The molecule has 0 aliphatic carbocycles. The lowest BCUT2D eigenvalue weighted by Crippen LogP contribution is -2.48. The summed E-state index contributed by atoms with van der Waals surface area (Å²) in [5.41, 5.74) is 1.14. The van der Waals surface area contributed by atoms with E-state index in [1.54, 1.807) is 14.1 Å². The maximum atomic E-state index is 13.2. The Labute approximate surface area is 157 Å². The lowest BCUT2D eigenvalue weighted by Gasteiger charge is -2.45. The van der Waals surface area contributed by atoms with E-state index in [-0.39, 0.29) is 24.2 Å². The minimum atomic E-state index is -0.781. The van der Waals surface area contributed by atoms with Crippen molar-refractivity contribution in [1.82, 2.24) is 0 Å². The van der Waals surface area contributed by atoms with Crippen LogP contribution >= 0.6 is 12.4 Å². The molecule has 0 saturated carbocycles. The summed E-state index contributed by atoms with van der Waals surface area (Å²) in [5.74, 6) is 0.153. The Bertz CT molecular complexity index is 626. The normalized spacial score (nSPS) is 13.0. The quantitative estimate of drug-likeness (QED) is 0.528. The second-order valence-electron chi connectivity index (χ2n) is 6.90. The molecule has 3 nitrogen and oxygen atoms in total. The maximum absolute atomic E-state index is 13.2. The van der Waals surface area contributed by atoms with Crippen LogP contribution in [0.4, 0.5) is 0 Å². The van der Waals surface area contributed by atoms with Crippen LogP contribution in [0.15, 0.2) is 60.7 Å². The molecule has 0 fully saturated rings. The van der Waals surface area contributed by atoms with Crippen molar-refractivity contribution < 1.29 is 9.44 Å². The molecule has 136 valence electrons. The highest BCUT2D eigenvalue weighted by molar-refractivity contribution is 5.93. The van der Waals surface area contributed by atoms with Gasteiger partial charge in [0.2, 0.25) is 0 Å². The molecule has 0 saturated heterocycles. The van der Waals surface area contributed by atoms with Gasteiger partial charge in [0.05, 0.1) is 25.6 Å². The molecule has 0 radical (unpaired) electrons. The second kappa shape index (κ2) is 8.61. The van der Waals surface area contributed by atoms with Gasteiger partial charge in [-0.2, -0.15) is 0 Å². The van der Waals surface area contributed by atoms with Crippen molar-refractivity contribution in [2.75, 3.05) is 14.1 Å². The number of hydrogen-bond donors (Lipinski definition) is 0. The van der Waals surface area contributed by atoms with E-state index < -0.39 is 10.1 Å². The molecule has 2 aromatic carbocycles. The van der Waals surface area contributed by atoms with Crippen LogP contribution < -0.4 is 0 Å². The van der Waals surface area contributed by atoms with Crippen LogP contribution in [-0.2, 0) is 10.2 Å². The summed E-state index contributed by atoms with van der Waals surface area (Å²) in [6.07, 6.45) is 0.924. The Morgan fingerprint density at radius 2 is 1.40 bits per heavy atom. The predicted octanol–water partition coefficient (Wildman–Crippen LogP) is 4.73. The van der Waals surface area contributed by atoms with Crippen molar-refractivity contribution in [1.29, 1.82) is 0 Å². The van der Waals surface area contributed by atoms with Gasteiger partial charge in [0, 0.05) is 12.8 Å². The molecule has 4 heteroatoms. The average molecular weight is 362 g/mol. The molecule has 25 heavy (non-hydrogen) atoms. The van der Waals surface area contributed by atoms with Gasteiger partial charge in [0.15, 0.2) is 0 Å². The van der Waals surface area contributed by atoms with Gasteiger partial charge < -0.3 is 9.85 Å². The van der Waals surface area contributed by atoms with Crippen LogP contribution in [0.1, 0.15) is 37.8 Å². The van der Waals surface area contributed by atoms with Crippen molar-refractivity contribution in [3.05, 3.63) is 77.0 Å². The van der Waals surface area contributed by atoms with Crippen molar-refractivity contribution in [3.8, 4) is 0 Å². The minimum absolute atomic E-state index is 0. The zero-order chi connectivity index (χ0) is 17.8. The van der Waals surface area contributed by atoms with E-state index in [4.69, 9.17) is 0 Å². The second-order valence-corrected chi connectivity index (χ2v) is 6.90. The number of hydrogen-bond acceptors (Lipinski definition) is 2. The third kappa shape index (κ3) is 4.49. The number of hydroxylamine groups is 3. The highest BCUT2D eigenvalue weighted by Gasteiger charge is 2.43. The standard InChI is InChI=1S/C21H27NO2.ClH/c1-5-20(23)21(16-17(2)22(3,4)24,18-12-8-6-9-13-18)19-14-10-7-11-15-19;/h6-15,17H,5,16H2,1-4H3;1H. The van der Waals surface area contributed by atoms with Crippen molar-refractivity contribution in [3.63, 3.8) is 0 Å². The Hall–Kier alpha value is -1.68. The van der Waals surface area contributed by atoms with E-state index in [2.05, 4.69) is 0 Å². The molecule has 0 spiro atoms. The molecule has 0 aliphatic heterocycles. The van der Waals surface area contributed by atoms with Gasteiger partial charge in [-0.05, 0) is 18.1 Å². The Morgan fingerprint density at radius 3 is 1.72 bits per heavy atom. The van der Waals surface area contributed by atoms with Crippen LogP contribution in [0, 0.1) is 5.21 Å². The van der Waals surface area contributed by atoms with E-state index >= 15 is 0 Å². The molecule has 0 aliphatic rings. The lowest BCUT2D eigenvalue weighted by atomic mass is 9.67. The van der Waals surface area contributed by atoms with E-state index in [0.717, 1.165) is 11.1 Å². The number of rotatable bonds is 7. The first-order valence-corrected chi connectivity index (χ1v) is 8.51. The Kier molecular flexibility index (Phi) is 7.36. The van der Waals surface area contributed by atoms with E-state index in [1.165, 1.54) is 0 Å². The Balaban J connectivity index is 0.00000312. The first-order chi connectivity index (χ1) is 11.3. The molecule has 0 amide bonds. The number of carbonyl (C=O) groups is 1. The summed E-state index contributed by atoms with van der Waals surface area (Å²) in [5, 5.41) is 12.5. The van der Waals surface area contributed by atoms with Crippen molar-refractivity contribution in [2.45, 2.75) is 38.1 Å². The molecule has 0 heterocycles. The summed E-state index contributed by atoms with van der Waals surface area (Å²) >= 11 is 0. The first kappa shape index (κ1) is 21.4. The highest BCUT2D eigenvalue weighted by atomic mass is 35.5. The first-order valence-electron chi connectivity index (χ1n) is 8.51. The number of ketones is 1. The van der Waals surface area contributed by atoms with Crippen LogP contribution in [0.25, 0.3) is 0 Å². The highest BCUT2D eigenvalue weighted by Crippen LogP contribution is 2.40. The van der Waals surface area contributed by atoms with Crippen LogP contribution in [0.2, 0.25) is 0 Å². The van der Waals surface area contributed by atoms with Gasteiger partial charge in [-0.15, -0.1) is 12.4 Å². The fourth-order valence-electron chi connectivity index (χ4n) is 3.25. The predicted molar refractivity (Wildman–Crippen MR) is 106 cm³/mol. The smallest absolute Gasteiger partial charge is 0.147 e. The van der Waals surface area contributed by atoms with Gasteiger partial charge in [-0.1, -0.05) is 67.6 Å². The van der Waals surface area contributed by atoms with Crippen LogP contribution in [-0.4, -0.2) is 30.6 Å². The number of Topliss-reactive ketones (excluding diaryl/α,β-unsaturated/α-hetero) is 1. The monoisotopic (exact) mass is 361 g/mol. The number of carbonyl (C=O) groups excluding carboxylic acids is 1. The zero-order valence-electron chi connectivity index (χ0n) is 15.4. The van der Waals surface area contributed by atoms with Crippen molar-refractivity contribution >= 4 is 18.2 Å². The summed E-state index contributed by atoms with van der Waals surface area (Å²) < 4.78 is -0.418. The third-order valence-electron chi connectivity index (χ3n) is 4.99. The number of quaternary nitrogens is 1. The number of halogens is 1. The minimum Gasteiger partial charge on any atom is -0.633 e. The topological polar surface area (TPSA) is 40.1 Å². The fraction of sp³-hybridized carbons (Fsp3) is 0.381. The van der Waals surface area contributed by atoms with E-state index in [1.807, 2.05) is 74.5 Å². The van der Waals surface area contributed by atoms with Crippen molar-refractivity contribution in [2.24, 2.45) is 0 Å². The maximum Gasteiger partial charge on any atom is 0.147 e. The fourth-order valence-corrected chi connectivity index (χ4v) is 3.25. The molecule has 1 atom stereocenters. The molecular weight excluding hydrogens is 334 g/mol. The van der Waals surface area contributed by atoms with Gasteiger partial charge in [-0.3, -0.25) is 4.79 Å². The molecule has 1 unspecified atom stereocenters.